The van der Waals surface area contributed by atoms with Gasteiger partial charge in [-0.3, -0.25) is 4.79 Å². The fourth-order valence-electron chi connectivity index (χ4n) is 1.89. The van der Waals surface area contributed by atoms with Crippen LogP contribution in [0.3, 0.4) is 0 Å². The number of aliphatic carboxylic acids is 1. The molecule has 2 aromatic rings. The second-order valence-corrected chi connectivity index (χ2v) is 5.29. The van der Waals surface area contributed by atoms with E-state index in [1.807, 2.05) is 45.0 Å². The van der Waals surface area contributed by atoms with E-state index in [9.17, 15) is 4.79 Å². The van der Waals surface area contributed by atoms with E-state index in [0.29, 0.717) is 11.7 Å². The van der Waals surface area contributed by atoms with Gasteiger partial charge in [0, 0.05) is 11.6 Å². The molecule has 112 valence electrons. The summed E-state index contributed by atoms with van der Waals surface area (Å²) in [6.07, 6.45) is 0. The molecule has 6 heteroatoms. The van der Waals surface area contributed by atoms with Crippen LogP contribution in [0.4, 0.5) is 5.69 Å². The van der Waals surface area contributed by atoms with E-state index in [1.165, 1.54) is 0 Å². The summed E-state index contributed by atoms with van der Waals surface area (Å²) in [4.78, 5) is 17.0. The first-order valence-corrected chi connectivity index (χ1v) is 6.81. The maximum absolute atomic E-state index is 11.0. The number of aromatic nitrogens is 2. The highest BCUT2D eigenvalue weighted by Crippen LogP contribution is 2.18. The third-order valence-electron chi connectivity index (χ3n) is 3.05. The van der Waals surface area contributed by atoms with Crippen LogP contribution >= 0.6 is 0 Å². The number of rotatable bonds is 6. The minimum Gasteiger partial charge on any atom is -0.480 e. The van der Waals surface area contributed by atoms with Gasteiger partial charge < -0.3 is 14.5 Å². The van der Waals surface area contributed by atoms with E-state index >= 15 is 0 Å². The number of benzene rings is 1. The lowest BCUT2D eigenvalue weighted by molar-refractivity contribution is -0.135. The Bertz CT molecular complexity index is 605. The normalized spacial score (nSPS) is 10.9. The minimum absolute atomic E-state index is 0.123. The molecule has 1 aromatic carbocycles. The lowest BCUT2D eigenvalue weighted by Crippen LogP contribution is -2.29. The summed E-state index contributed by atoms with van der Waals surface area (Å²) < 4.78 is 5.19. The molecular weight excluding hydrogens is 270 g/mol. The summed E-state index contributed by atoms with van der Waals surface area (Å²) in [5.74, 6) is 0.318. The van der Waals surface area contributed by atoms with Crippen LogP contribution in [-0.2, 0) is 11.3 Å². The molecule has 0 unspecified atom stereocenters. The SMILES string of the molecule is Cc1ccc(N(CC(=O)O)Cc2nc(C(C)C)no2)cc1. The smallest absolute Gasteiger partial charge is 0.323 e. The molecule has 0 amide bonds. The Morgan fingerprint density at radius 2 is 2.00 bits per heavy atom. The summed E-state index contributed by atoms with van der Waals surface area (Å²) in [7, 11) is 0. The molecule has 0 bridgehead atoms. The van der Waals surface area contributed by atoms with Crippen molar-refractivity contribution in [2.24, 2.45) is 0 Å². The topological polar surface area (TPSA) is 79.5 Å². The molecule has 1 heterocycles. The lowest BCUT2D eigenvalue weighted by Gasteiger charge is -2.20. The van der Waals surface area contributed by atoms with Gasteiger partial charge in [-0.05, 0) is 19.1 Å². The Balaban J connectivity index is 2.19. The number of carboxylic acid groups (broad SMARTS) is 1. The fraction of sp³-hybridized carbons (Fsp3) is 0.400. The Labute approximate surface area is 123 Å². The van der Waals surface area contributed by atoms with Gasteiger partial charge in [0.25, 0.3) is 0 Å². The first-order valence-electron chi connectivity index (χ1n) is 6.81. The van der Waals surface area contributed by atoms with Gasteiger partial charge in [-0.2, -0.15) is 4.98 Å². The van der Waals surface area contributed by atoms with Crippen LogP contribution in [0.2, 0.25) is 0 Å². The van der Waals surface area contributed by atoms with E-state index in [-0.39, 0.29) is 19.0 Å². The van der Waals surface area contributed by atoms with Gasteiger partial charge in [0.2, 0.25) is 5.89 Å². The monoisotopic (exact) mass is 289 g/mol. The van der Waals surface area contributed by atoms with Gasteiger partial charge >= 0.3 is 5.97 Å². The molecule has 0 saturated carbocycles. The standard InChI is InChI=1S/C15H19N3O3/c1-10(2)15-16-13(21-17-15)8-18(9-14(19)20)12-6-4-11(3)5-7-12/h4-7,10H,8-9H2,1-3H3,(H,19,20). The van der Waals surface area contributed by atoms with Crippen molar-refractivity contribution in [3.8, 4) is 0 Å². The Morgan fingerprint density at radius 3 is 2.52 bits per heavy atom. The van der Waals surface area contributed by atoms with Crippen molar-refractivity contribution >= 4 is 11.7 Å². The molecule has 0 aliphatic carbocycles. The van der Waals surface area contributed by atoms with E-state index in [4.69, 9.17) is 9.63 Å². The minimum atomic E-state index is -0.904. The van der Waals surface area contributed by atoms with Gasteiger partial charge in [-0.15, -0.1) is 0 Å². The van der Waals surface area contributed by atoms with Crippen molar-refractivity contribution in [1.82, 2.24) is 10.1 Å². The van der Waals surface area contributed by atoms with Crippen molar-refractivity contribution in [1.29, 1.82) is 0 Å². The maximum Gasteiger partial charge on any atom is 0.323 e. The number of aryl methyl sites for hydroxylation is 1. The Morgan fingerprint density at radius 1 is 1.33 bits per heavy atom. The maximum atomic E-state index is 11.0. The molecule has 1 aromatic heterocycles. The van der Waals surface area contributed by atoms with Gasteiger partial charge in [0.15, 0.2) is 5.82 Å². The average molecular weight is 289 g/mol. The van der Waals surface area contributed by atoms with Crippen LogP contribution in [-0.4, -0.2) is 27.8 Å². The molecular formula is C15H19N3O3. The van der Waals surface area contributed by atoms with Crippen LogP contribution in [0, 0.1) is 6.92 Å². The summed E-state index contributed by atoms with van der Waals surface area (Å²) in [6.45, 7) is 6.09. The van der Waals surface area contributed by atoms with E-state index in [0.717, 1.165) is 11.3 Å². The Kier molecular flexibility index (Phi) is 4.57. The van der Waals surface area contributed by atoms with Gasteiger partial charge in [0.05, 0.1) is 6.54 Å². The van der Waals surface area contributed by atoms with Crippen LogP contribution in [0.1, 0.15) is 37.0 Å². The summed E-state index contributed by atoms with van der Waals surface area (Å²) >= 11 is 0. The third kappa shape index (κ3) is 4.05. The summed E-state index contributed by atoms with van der Waals surface area (Å²) in [6, 6.07) is 7.66. The molecule has 0 aliphatic heterocycles. The largest absolute Gasteiger partial charge is 0.480 e. The number of anilines is 1. The summed E-state index contributed by atoms with van der Waals surface area (Å²) in [5, 5.41) is 13.0. The van der Waals surface area contributed by atoms with Crippen LogP contribution in [0.5, 0.6) is 0 Å². The zero-order chi connectivity index (χ0) is 15.4. The highest BCUT2D eigenvalue weighted by atomic mass is 16.5. The fourth-order valence-corrected chi connectivity index (χ4v) is 1.89. The second kappa shape index (κ2) is 6.39. The number of carbonyl (C=O) groups is 1. The molecule has 0 saturated heterocycles. The van der Waals surface area contributed by atoms with E-state index in [1.54, 1.807) is 4.90 Å². The zero-order valence-corrected chi connectivity index (χ0v) is 12.4. The predicted molar refractivity (Wildman–Crippen MR) is 78.3 cm³/mol. The van der Waals surface area contributed by atoms with Crippen LogP contribution in [0.15, 0.2) is 28.8 Å². The lowest BCUT2D eigenvalue weighted by atomic mass is 10.2. The van der Waals surface area contributed by atoms with Crippen molar-refractivity contribution in [2.45, 2.75) is 33.2 Å². The number of carboxylic acids is 1. The van der Waals surface area contributed by atoms with Crippen molar-refractivity contribution in [2.75, 3.05) is 11.4 Å². The molecule has 0 atom stereocenters. The molecule has 0 fully saturated rings. The first kappa shape index (κ1) is 15.0. The highest BCUT2D eigenvalue weighted by Gasteiger charge is 2.16. The quantitative estimate of drug-likeness (QED) is 0.880. The van der Waals surface area contributed by atoms with E-state index in [2.05, 4.69) is 10.1 Å². The van der Waals surface area contributed by atoms with Crippen molar-refractivity contribution in [3.63, 3.8) is 0 Å². The molecule has 6 nitrogen and oxygen atoms in total. The Hall–Kier alpha value is -2.37. The second-order valence-electron chi connectivity index (χ2n) is 5.29. The predicted octanol–water partition coefficient (Wildman–Crippen LogP) is 2.59. The highest BCUT2D eigenvalue weighted by molar-refractivity contribution is 5.73. The molecule has 21 heavy (non-hydrogen) atoms. The van der Waals surface area contributed by atoms with Crippen molar-refractivity contribution < 1.29 is 14.4 Å². The number of hydrogen-bond donors (Lipinski definition) is 1. The number of nitrogens with zero attached hydrogens (tertiary/aromatic N) is 3. The zero-order valence-electron chi connectivity index (χ0n) is 12.4. The molecule has 2 rings (SSSR count). The molecule has 0 aliphatic rings. The average Bonchev–Trinajstić information content (AvgIpc) is 2.87. The van der Waals surface area contributed by atoms with Gasteiger partial charge in [0.1, 0.15) is 6.54 Å². The van der Waals surface area contributed by atoms with Crippen LogP contribution < -0.4 is 4.90 Å². The van der Waals surface area contributed by atoms with Gasteiger partial charge in [-0.25, -0.2) is 0 Å². The van der Waals surface area contributed by atoms with E-state index < -0.39 is 5.97 Å². The number of hydrogen-bond acceptors (Lipinski definition) is 5. The van der Waals surface area contributed by atoms with Crippen molar-refractivity contribution in [3.05, 3.63) is 41.5 Å². The van der Waals surface area contributed by atoms with Crippen LogP contribution in [0.25, 0.3) is 0 Å². The van der Waals surface area contributed by atoms with Gasteiger partial charge in [-0.1, -0.05) is 36.7 Å². The summed E-state index contributed by atoms with van der Waals surface area (Å²) in [5.41, 5.74) is 1.93. The first-order chi connectivity index (χ1) is 9.95. The molecule has 1 N–H and O–H groups in total. The molecule has 0 spiro atoms. The third-order valence-corrected chi connectivity index (χ3v) is 3.05. The molecule has 0 radical (unpaired) electrons.